The predicted molar refractivity (Wildman–Crippen MR) is 53.3 cm³/mol. The Labute approximate surface area is 84.8 Å². The van der Waals surface area contributed by atoms with Crippen molar-refractivity contribution in [2.45, 2.75) is 51.0 Å². The van der Waals surface area contributed by atoms with E-state index in [0.717, 1.165) is 25.7 Å². The molecule has 0 N–H and O–H groups in total. The van der Waals surface area contributed by atoms with Gasteiger partial charge in [0, 0.05) is 0 Å². The average molecular weight is 192 g/mol. The predicted octanol–water partition coefficient (Wildman–Crippen LogP) is 2.57. The summed E-state index contributed by atoms with van der Waals surface area (Å²) in [7, 11) is 0. The van der Waals surface area contributed by atoms with E-state index in [0.29, 0.717) is 0 Å². The van der Waals surface area contributed by atoms with E-state index in [1.807, 2.05) is 0 Å². The molecular weight excluding hydrogens is 176 g/mol. The van der Waals surface area contributed by atoms with Gasteiger partial charge in [0.05, 0.1) is 6.07 Å². The molecule has 0 spiro atoms. The number of hydrogen-bond donors (Lipinski definition) is 0. The van der Waals surface area contributed by atoms with Gasteiger partial charge in [-0.2, -0.15) is 10.3 Å². The van der Waals surface area contributed by atoms with Gasteiger partial charge in [-0.1, -0.05) is 32.1 Å². The van der Waals surface area contributed by atoms with E-state index in [-0.39, 0.29) is 5.92 Å². The van der Waals surface area contributed by atoms with Crippen molar-refractivity contribution in [3.05, 3.63) is 0 Å². The normalized spacial score (nSPS) is 21.1. The summed E-state index contributed by atoms with van der Waals surface area (Å²) in [5.41, 5.74) is 0. The van der Waals surface area contributed by atoms with Crippen LogP contribution in [0.15, 0.2) is 4.99 Å². The highest BCUT2D eigenvalue weighted by Gasteiger charge is 2.20. The Morgan fingerprint density at radius 2 is 1.71 bits per heavy atom. The van der Waals surface area contributed by atoms with Crippen molar-refractivity contribution in [3.63, 3.8) is 0 Å². The first-order chi connectivity index (χ1) is 6.88. The highest BCUT2D eigenvalue weighted by Crippen LogP contribution is 2.25. The molecule has 1 atom stereocenters. The van der Waals surface area contributed by atoms with Gasteiger partial charge in [-0.05, 0) is 18.8 Å². The SMILES string of the molecule is N#CC(N=C=O)C1CCCCCCC1. The number of hydrogen-bond acceptors (Lipinski definition) is 3. The minimum Gasteiger partial charge on any atom is -0.211 e. The molecule has 3 nitrogen and oxygen atoms in total. The van der Waals surface area contributed by atoms with Crippen molar-refractivity contribution in [2.24, 2.45) is 10.9 Å². The quantitative estimate of drug-likeness (QED) is 0.498. The molecule has 1 rings (SSSR count). The van der Waals surface area contributed by atoms with Crippen LogP contribution in [-0.4, -0.2) is 12.1 Å². The van der Waals surface area contributed by atoms with Crippen LogP contribution in [0.2, 0.25) is 0 Å². The monoisotopic (exact) mass is 192 g/mol. The molecule has 3 heteroatoms. The first-order valence-electron chi connectivity index (χ1n) is 5.35. The summed E-state index contributed by atoms with van der Waals surface area (Å²) in [5, 5.41) is 8.85. The molecule has 0 bridgehead atoms. The summed E-state index contributed by atoms with van der Waals surface area (Å²) < 4.78 is 0. The van der Waals surface area contributed by atoms with Crippen LogP contribution in [-0.2, 0) is 4.79 Å². The highest BCUT2D eigenvalue weighted by molar-refractivity contribution is 5.34. The molecule has 1 fully saturated rings. The average Bonchev–Trinajstić information content (AvgIpc) is 2.15. The second-order valence-electron chi connectivity index (χ2n) is 3.90. The number of rotatable bonds is 2. The summed E-state index contributed by atoms with van der Waals surface area (Å²) in [6, 6.07) is 1.64. The maximum Gasteiger partial charge on any atom is 0.236 e. The highest BCUT2D eigenvalue weighted by atomic mass is 16.1. The first-order valence-corrected chi connectivity index (χ1v) is 5.35. The van der Waals surface area contributed by atoms with E-state index in [9.17, 15) is 4.79 Å². The molecule has 0 amide bonds. The van der Waals surface area contributed by atoms with Gasteiger partial charge in [0.15, 0.2) is 6.04 Å². The zero-order chi connectivity index (χ0) is 10.2. The zero-order valence-electron chi connectivity index (χ0n) is 8.41. The molecule has 0 aromatic heterocycles. The first kappa shape index (κ1) is 10.9. The van der Waals surface area contributed by atoms with Gasteiger partial charge in [0.25, 0.3) is 0 Å². The number of nitriles is 1. The smallest absolute Gasteiger partial charge is 0.211 e. The lowest BCUT2D eigenvalue weighted by atomic mass is 9.86. The largest absolute Gasteiger partial charge is 0.236 e. The van der Waals surface area contributed by atoms with Crippen molar-refractivity contribution in [1.82, 2.24) is 0 Å². The third-order valence-corrected chi connectivity index (χ3v) is 2.92. The van der Waals surface area contributed by atoms with Gasteiger partial charge in [0.2, 0.25) is 6.08 Å². The van der Waals surface area contributed by atoms with Crippen molar-refractivity contribution in [2.75, 3.05) is 0 Å². The summed E-state index contributed by atoms with van der Waals surface area (Å²) in [4.78, 5) is 13.7. The van der Waals surface area contributed by atoms with Crippen LogP contribution < -0.4 is 0 Å². The molecule has 0 radical (unpaired) electrons. The Hall–Kier alpha value is -1.13. The maximum atomic E-state index is 10.1. The fourth-order valence-corrected chi connectivity index (χ4v) is 2.10. The van der Waals surface area contributed by atoms with Crippen LogP contribution in [0.25, 0.3) is 0 Å². The van der Waals surface area contributed by atoms with E-state index in [4.69, 9.17) is 5.26 Å². The van der Waals surface area contributed by atoms with Gasteiger partial charge < -0.3 is 0 Å². The zero-order valence-corrected chi connectivity index (χ0v) is 8.41. The molecule has 0 saturated heterocycles. The molecule has 14 heavy (non-hydrogen) atoms. The molecule has 0 aliphatic heterocycles. The van der Waals surface area contributed by atoms with Crippen LogP contribution in [0.4, 0.5) is 0 Å². The van der Waals surface area contributed by atoms with Crippen molar-refractivity contribution in [3.8, 4) is 6.07 Å². The van der Waals surface area contributed by atoms with Crippen LogP contribution in [0.1, 0.15) is 44.9 Å². The lowest BCUT2D eigenvalue weighted by molar-refractivity contribution is 0.356. The molecule has 1 aliphatic rings. The Bertz CT molecular complexity index is 243. The fraction of sp³-hybridized carbons (Fsp3) is 0.818. The summed E-state index contributed by atoms with van der Waals surface area (Å²) >= 11 is 0. The van der Waals surface area contributed by atoms with E-state index < -0.39 is 6.04 Å². The maximum absolute atomic E-state index is 10.1. The lowest BCUT2D eigenvalue weighted by Crippen LogP contribution is -2.18. The Kier molecular flexibility index (Phi) is 4.96. The van der Waals surface area contributed by atoms with Crippen molar-refractivity contribution >= 4 is 6.08 Å². The van der Waals surface area contributed by atoms with Crippen LogP contribution in [0, 0.1) is 17.2 Å². The molecule has 76 valence electrons. The Morgan fingerprint density at radius 3 is 2.21 bits per heavy atom. The summed E-state index contributed by atoms with van der Waals surface area (Å²) in [6.07, 6.45) is 9.70. The third-order valence-electron chi connectivity index (χ3n) is 2.92. The van der Waals surface area contributed by atoms with E-state index >= 15 is 0 Å². The minimum absolute atomic E-state index is 0.279. The summed E-state index contributed by atoms with van der Waals surface area (Å²) in [5.74, 6) is 0.279. The number of carbonyl (C=O) groups excluding carboxylic acids is 1. The molecule has 1 saturated carbocycles. The molecular formula is C11H16N2O. The Balaban J connectivity index is 2.53. The number of nitrogens with zero attached hydrogens (tertiary/aromatic N) is 2. The van der Waals surface area contributed by atoms with Crippen LogP contribution >= 0.6 is 0 Å². The van der Waals surface area contributed by atoms with E-state index in [1.54, 1.807) is 0 Å². The third kappa shape index (κ3) is 3.32. The second kappa shape index (κ2) is 6.34. The number of aliphatic imine (C=N–C) groups is 1. The molecule has 0 heterocycles. The van der Waals surface area contributed by atoms with E-state index in [1.165, 1.54) is 25.3 Å². The van der Waals surface area contributed by atoms with Gasteiger partial charge in [-0.15, -0.1) is 0 Å². The standard InChI is InChI=1S/C11H16N2O/c12-8-11(13-9-14)10-6-4-2-1-3-5-7-10/h10-11H,1-7H2. The van der Waals surface area contributed by atoms with Crippen LogP contribution in [0.5, 0.6) is 0 Å². The molecule has 0 aromatic carbocycles. The van der Waals surface area contributed by atoms with Gasteiger partial charge in [0.1, 0.15) is 0 Å². The van der Waals surface area contributed by atoms with Gasteiger partial charge in [-0.25, -0.2) is 4.79 Å². The summed E-state index contributed by atoms with van der Waals surface area (Å²) in [6.45, 7) is 0. The van der Waals surface area contributed by atoms with Gasteiger partial charge in [-0.3, -0.25) is 0 Å². The molecule has 1 aliphatic carbocycles. The topological polar surface area (TPSA) is 53.2 Å². The fourth-order valence-electron chi connectivity index (χ4n) is 2.10. The molecule has 0 aromatic rings. The minimum atomic E-state index is -0.453. The lowest BCUT2D eigenvalue weighted by Gasteiger charge is -2.20. The van der Waals surface area contributed by atoms with Crippen molar-refractivity contribution < 1.29 is 4.79 Å². The van der Waals surface area contributed by atoms with Crippen LogP contribution in [0.3, 0.4) is 0 Å². The van der Waals surface area contributed by atoms with Gasteiger partial charge >= 0.3 is 0 Å². The number of isocyanates is 1. The second-order valence-corrected chi connectivity index (χ2v) is 3.90. The Morgan fingerprint density at radius 1 is 1.14 bits per heavy atom. The van der Waals surface area contributed by atoms with E-state index in [2.05, 4.69) is 11.1 Å². The molecule has 1 unspecified atom stereocenters. The van der Waals surface area contributed by atoms with Crippen molar-refractivity contribution in [1.29, 1.82) is 5.26 Å².